The van der Waals surface area contributed by atoms with Gasteiger partial charge in [0.05, 0.1) is 19.3 Å². The third-order valence-electron chi connectivity index (χ3n) is 3.09. The summed E-state index contributed by atoms with van der Waals surface area (Å²) in [6.07, 6.45) is 2.85. The maximum atomic E-state index is 5.50. The van der Waals surface area contributed by atoms with Crippen LogP contribution >= 0.6 is 27.3 Å². The second-order valence-corrected chi connectivity index (χ2v) is 6.25. The van der Waals surface area contributed by atoms with Crippen molar-refractivity contribution in [3.8, 4) is 5.75 Å². The van der Waals surface area contributed by atoms with Crippen LogP contribution in [0.15, 0.2) is 22.1 Å². The molecule has 0 aliphatic rings. The van der Waals surface area contributed by atoms with E-state index in [-0.39, 0.29) is 6.04 Å². The van der Waals surface area contributed by atoms with Crippen molar-refractivity contribution < 1.29 is 4.74 Å². The minimum atomic E-state index is 0.0957. The Morgan fingerprint density at radius 1 is 1.50 bits per heavy atom. The molecule has 0 amide bonds. The van der Waals surface area contributed by atoms with E-state index in [9.17, 15) is 0 Å². The van der Waals surface area contributed by atoms with E-state index >= 15 is 0 Å². The molecule has 0 bridgehead atoms. The van der Waals surface area contributed by atoms with Crippen LogP contribution in [0, 0.1) is 0 Å². The van der Waals surface area contributed by atoms with Crippen LogP contribution < -0.4 is 10.1 Å². The van der Waals surface area contributed by atoms with Crippen molar-refractivity contribution in [3.05, 3.63) is 32.7 Å². The van der Waals surface area contributed by atoms with E-state index in [2.05, 4.69) is 51.6 Å². The minimum absolute atomic E-state index is 0.0957. The number of thiophene rings is 1. The molecule has 4 nitrogen and oxygen atoms in total. The Morgan fingerprint density at radius 2 is 2.30 bits per heavy atom. The van der Waals surface area contributed by atoms with E-state index in [0.717, 1.165) is 35.4 Å². The smallest absolute Gasteiger partial charge is 0.161 e. The molecule has 2 aromatic heterocycles. The lowest BCUT2D eigenvalue weighted by Crippen LogP contribution is -2.25. The van der Waals surface area contributed by atoms with Gasteiger partial charge in [-0.25, -0.2) is 0 Å². The summed E-state index contributed by atoms with van der Waals surface area (Å²) in [5, 5.41) is 10.1. The van der Waals surface area contributed by atoms with Crippen LogP contribution in [0.25, 0.3) is 0 Å². The zero-order valence-electron chi connectivity index (χ0n) is 12.0. The zero-order chi connectivity index (χ0) is 14.5. The first-order valence-electron chi connectivity index (χ1n) is 6.78. The van der Waals surface area contributed by atoms with Crippen molar-refractivity contribution >= 4 is 27.3 Å². The van der Waals surface area contributed by atoms with Crippen LogP contribution in [0.3, 0.4) is 0 Å². The average Bonchev–Trinajstić information content (AvgIpc) is 3.03. The highest BCUT2D eigenvalue weighted by molar-refractivity contribution is 9.10. The zero-order valence-corrected chi connectivity index (χ0v) is 14.4. The van der Waals surface area contributed by atoms with Gasteiger partial charge in [0, 0.05) is 15.9 Å². The minimum Gasteiger partial charge on any atom is -0.493 e. The highest BCUT2D eigenvalue weighted by Crippen LogP contribution is 2.36. The average molecular weight is 358 g/mol. The molecule has 110 valence electrons. The van der Waals surface area contributed by atoms with Crippen molar-refractivity contribution in [3.63, 3.8) is 0 Å². The highest BCUT2D eigenvalue weighted by Gasteiger charge is 2.25. The third kappa shape index (κ3) is 3.07. The number of ether oxygens (including phenoxy) is 1. The molecule has 20 heavy (non-hydrogen) atoms. The fraction of sp³-hybridized carbons (Fsp3) is 0.500. The van der Waals surface area contributed by atoms with E-state index in [1.807, 2.05) is 4.68 Å². The number of methoxy groups -OCH3 is 1. The molecule has 0 fully saturated rings. The Labute approximate surface area is 132 Å². The second-order valence-electron chi connectivity index (χ2n) is 4.44. The summed E-state index contributed by atoms with van der Waals surface area (Å²) in [7, 11) is 1.70. The number of nitrogens with zero attached hydrogens (tertiary/aromatic N) is 2. The number of aromatic nitrogens is 2. The third-order valence-corrected chi connectivity index (χ3v) is 5.02. The van der Waals surface area contributed by atoms with Crippen LogP contribution in [-0.2, 0) is 6.54 Å². The summed E-state index contributed by atoms with van der Waals surface area (Å²) in [6.45, 7) is 6.04. The molecule has 2 rings (SSSR count). The Hall–Kier alpha value is -0.850. The van der Waals surface area contributed by atoms with E-state index in [1.54, 1.807) is 24.6 Å². The predicted molar refractivity (Wildman–Crippen MR) is 86.6 cm³/mol. The Balaban J connectivity index is 2.48. The number of nitrogens with one attached hydrogen (secondary N) is 1. The summed E-state index contributed by atoms with van der Waals surface area (Å²) in [6, 6.07) is 2.18. The molecular weight excluding hydrogens is 338 g/mol. The SMILES string of the molecule is CCCn1ncc(OC)c1C(NCC)c1sccc1Br. The van der Waals surface area contributed by atoms with E-state index < -0.39 is 0 Å². The Bertz CT molecular complexity index is 552. The number of hydrogen-bond acceptors (Lipinski definition) is 4. The molecule has 6 heteroatoms. The lowest BCUT2D eigenvalue weighted by molar-refractivity contribution is 0.399. The lowest BCUT2D eigenvalue weighted by Gasteiger charge is -2.20. The van der Waals surface area contributed by atoms with Crippen LogP contribution in [0.2, 0.25) is 0 Å². The molecule has 0 spiro atoms. The van der Waals surface area contributed by atoms with Gasteiger partial charge < -0.3 is 10.1 Å². The molecule has 1 unspecified atom stereocenters. The van der Waals surface area contributed by atoms with Crippen LogP contribution in [0.5, 0.6) is 5.75 Å². The molecule has 1 atom stereocenters. The first-order valence-corrected chi connectivity index (χ1v) is 8.46. The topological polar surface area (TPSA) is 39.1 Å². The van der Waals surface area contributed by atoms with E-state index in [4.69, 9.17) is 4.74 Å². The molecule has 2 aromatic rings. The largest absolute Gasteiger partial charge is 0.493 e. The molecule has 0 aliphatic heterocycles. The first-order chi connectivity index (χ1) is 9.72. The summed E-state index contributed by atoms with van der Waals surface area (Å²) in [5.41, 5.74) is 1.10. The molecule has 1 N–H and O–H groups in total. The lowest BCUT2D eigenvalue weighted by atomic mass is 10.1. The van der Waals surface area contributed by atoms with Crippen molar-refractivity contribution in [1.82, 2.24) is 15.1 Å². The van der Waals surface area contributed by atoms with Gasteiger partial charge in [0.2, 0.25) is 0 Å². The second kappa shape index (κ2) is 7.24. The fourth-order valence-corrected chi connectivity index (χ4v) is 3.92. The maximum Gasteiger partial charge on any atom is 0.161 e. The number of rotatable bonds is 7. The first kappa shape index (κ1) is 15.5. The molecule has 0 saturated heterocycles. The van der Waals surface area contributed by atoms with E-state index in [1.165, 1.54) is 4.88 Å². The molecule has 2 heterocycles. The highest BCUT2D eigenvalue weighted by atomic mass is 79.9. The fourth-order valence-electron chi connectivity index (χ4n) is 2.25. The van der Waals surface area contributed by atoms with E-state index in [0.29, 0.717) is 0 Å². The maximum absolute atomic E-state index is 5.50. The molecule has 0 saturated carbocycles. The standard InChI is InChI=1S/C14H20BrN3OS/c1-4-7-18-13(11(19-3)9-17-18)12(16-5-2)14-10(15)6-8-20-14/h6,8-9,12,16H,4-5,7H2,1-3H3. The normalized spacial score (nSPS) is 12.6. The number of hydrogen-bond donors (Lipinski definition) is 1. The summed E-state index contributed by atoms with van der Waals surface area (Å²) < 4.78 is 8.67. The van der Waals surface area contributed by atoms with Crippen molar-refractivity contribution in [2.24, 2.45) is 0 Å². The van der Waals surface area contributed by atoms with Crippen molar-refractivity contribution in [1.29, 1.82) is 0 Å². The molecule has 0 aliphatic carbocycles. The Morgan fingerprint density at radius 3 is 2.85 bits per heavy atom. The van der Waals surface area contributed by atoms with Crippen molar-refractivity contribution in [2.75, 3.05) is 13.7 Å². The molecule has 0 radical (unpaired) electrons. The van der Waals surface area contributed by atoms with Gasteiger partial charge in [-0.2, -0.15) is 5.10 Å². The van der Waals surface area contributed by atoms with Gasteiger partial charge in [-0.3, -0.25) is 4.68 Å². The van der Waals surface area contributed by atoms with Crippen LogP contribution in [0.1, 0.15) is 36.9 Å². The van der Waals surface area contributed by atoms with Crippen LogP contribution in [-0.4, -0.2) is 23.4 Å². The number of aryl methyl sites for hydroxylation is 1. The quantitative estimate of drug-likeness (QED) is 0.818. The number of halogens is 1. The van der Waals surface area contributed by atoms with Gasteiger partial charge in [-0.1, -0.05) is 13.8 Å². The monoisotopic (exact) mass is 357 g/mol. The van der Waals surface area contributed by atoms with Gasteiger partial charge in [0.25, 0.3) is 0 Å². The summed E-state index contributed by atoms with van der Waals surface area (Å²) in [5.74, 6) is 0.838. The molecular formula is C14H20BrN3OS. The summed E-state index contributed by atoms with van der Waals surface area (Å²) in [4.78, 5) is 1.25. The van der Waals surface area contributed by atoms with Gasteiger partial charge in [0.15, 0.2) is 5.75 Å². The van der Waals surface area contributed by atoms with Gasteiger partial charge in [-0.15, -0.1) is 11.3 Å². The predicted octanol–water partition coefficient (Wildman–Crippen LogP) is 3.82. The Kier molecular flexibility index (Phi) is 5.63. The summed E-state index contributed by atoms with van der Waals surface area (Å²) >= 11 is 5.37. The molecule has 0 aromatic carbocycles. The van der Waals surface area contributed by atoms with Crippen LogP contribution in [0.4, 0.5) is 0 Å². The van der Waals surface area contributed by atoms with Gasteiger partial charge in [0.1, 0.15) is 5.69 Å². The van der Waals surface area contributed by atoms with Crippen molar-refractivity contribution in [2.45, 2.75) is 32.9 Å². The van der Waals surface area contributed by atoms with Gasteiger partial charge >= 0.3 is 0 Å². The van der Waals surface area contributed by atoms with Gasteiger partial charge in [-0.05, 0) is 40.3 Å².